The standard InChI is InChI=1S/C13H25NO3/c1-2-6-13(12(16)17)7-5-9-14(11-13)8-3-4-10-15/h15H,2-11H2,1H3,(H,16,17). The number of carboxylic acids is 1. The van der Waals surface area contributed by atoms with Crippen LogP contribution in [0.15, 0.2) is 0 Å². The highest BCUT2D eigenvalue weighted by molar-refractivity contribution is 5.75. The lowest BCUT2D eigenvalue weighted by atomic mass is 9.76. The number of hydrogen-bond acceptors (Lipinski definition) is 3. The molecule has 2 N–H and O–H groups in total. The van der Waals surface area contributed by atoms with Crippen molar-refractivity contribution in [3.8, 4) is 0 Å². The van der Waals surface area contributed by atoms with Crippen LogP contribution in [0.25, 0.3) is 0 Å². The van der Waals surface area contributed by atoms with Gasteiger partial charge in [-0.3, -0.25) is 4.79 Å². The molecule has 4 nitrogen and oxygen atoms in total. The van der Waals surface area contributed by atoms with Gasteiger partial charge in [-0.1, -0.05) is 13.3 Å². The van der Waals surface area contributed by atoms with E-state index in [1.807, 2.05) is 0 Å². The number of carbonyl (C=O) groups is 1. The van der Waals surface area contributed by atoms with E-state index in [4.69, 9.17) is 5.11 Å². The van der Waals surface area contributed by atoms with Crippen molar-refractivity contribution in [3.05, 3.63) is 0 Å². The Morgan fingerprint density at radius 1 is 1.41 bits per heavy atom. The van der Waals surface area contributed by atoms with Crippen molar-refractivity contribution in [2.75, 3.05) is 26.2 Å². The van der Waals surface area contributed by atoms with Gasteiger partial charge >= 0.3 is 5.97 Å². The molecule has 1 saturated heterocycles. The first-order valence-corrected chi connectivity index (χ1v) is 6.71. The number of carboxylic acid groups (broad SMARTS) is 1. The van der Waals surface area contributed by atoms with Gasteiger partial charge < -0.3 is 15.1 Å². The van der Waals surface area contributed by atoms with Crippen LogP contribution in [0.4, 0.5) is 0 Å². The molecule has 1 unspecified atom stereocenters. The Labute approximate surface area is 104 Å². The van der Waals surface area contributed by atoms with Crippen molar-refractivity contribution in [2.45, 2.75) is 45.4 Å². The summed E-state index contributed by atoms with van der Waals surface area (Å²) in [7, 11) is 0. The van der Waals surface area contributed by atoms with Gasteiger partial charge in [-0.2, -0.15) is 0 Å². The van der Waals surface area contributed by atoms with Crippen molar-refractivity contribution >= 4 is 5.97 Å². The highest BCUT2D eigenvalue weighted by Crippen LogP contribution is 2.35. The molecule has 0 amide bonds. The molecular formula is C13H25NO3. The molecule has 4 heteroatoms. The first-order chi connectivity index (χ1) is 8.14. The van der Waals surface area contributed by atoms with Crippen molar-refractivity contribution in [3.63, 3.8) is 0 Å². The lowest BCUT2D eigenvalue weighted by Crippen LogP contribution is -2.48. The monoisotopic (exact) mass is 243 g/mol. The van der Waals surface area contributed by atoms with Crippen LogP contribution in [-0.4, -0.2) is 47.3 Å². The second-order valence-corrected chi connectivity index (χ2v) is 5.15. The molecule has 0 aliphatic carbocycles. The first-order valence-electron chi connectivity index (χ1n) is 6.71. The molecule has 0 bridgehead atoms. The van der Waals surface area contributed by atoms with Gasteiger partial charge in [0.05, 0.1) is 5.41 Å². The molecule has 1 fully saturated rings. The zero-order valence-corrected chi connectivity index (χ0v) is 10.8. The van der Waals surface area contributed by atoms with Gasteiger partial charge in [0.15, 0.2) is 0 Å². The fourth-order valence-electron chi connectivity index (χ4n) is 2.83. The van der Waals surface area contributed by atoms with Gasteiger partial charge in [0.1, 0.15) is 0 Å². The van der Waals surface area contributed by atoms with E-state index in [0.717, 1.165) is 51.6 Å². The maximum atomic E-state index is 11.5. The van der Waals surface area contributed by atoms with E-state index in [1.165, 1.54) is 0 Å². The normalized spacial score (nSPS) is 26.0. The number of aliphatic hydroxyl groups is 1. The maximum Gasteiger partial charge on any atom is 0.310 e. The minimum absolute atomic E-state index is 0.229. The van der Waals surface area contributed by atoms with Crippen LogP contribution in [0.2, 0.25) is 0 Å². The van der Waals surface area contributed by atoms with Crippen LogP contribution in [0.5, 0.6) is 0 Å². The van der Waals surface area contributed by atoms with Crippen LogP contribution in [0.1, 0.15) is 45.4 Å². The van der Waals surface area contributed by atoms with E-state index >= 15 is 0 Å². The predicted octanol–water partition coefficient (Wildman–Crippen LogP) is 1.73. The Bertz CT molecular complexity index is 241. The summed E-state index contributed by atoms with van der Waals surface area (Å²) in [6.07, 6.45) is 5.26. The number of nitrogens with zero attached hydrogens (tertiary/aromatic N) is 1. The summed E-state index contributed by atoms with van der Waals surface area (Å²) in [5, 5.41) is 18.2. The SMILES string of the molecule is CCCC1(C(=O)O)CCCN(CCCCO)C1. The first kappa shape index (κ1) is 14.5. The highest BCUT2D eigenvalue weighted by atomic mass is 16.4. The van der Waals surface area contributed by atoms with Crippen molar-refractivity contribution in [2.24, 2.45) is 5.41 Å². The van der Waals surface area contributed by atoms with Gasteiger partial charge in [-0.05, 0) is 45.2 Å². The summed E-state index contributed by atoms with van der Waals surface area (Å²) < 4.78 is 0. The Morgan fingerprint density at radius 2 is 2.18 bits per heavy atom. The van der Waals surface area contributed by atoms with Crippen LogP contribution in [-0.2, 0) is 4.79 Å². The number of likely N-dealkylation sites (tertiary alicyclic amines) is 1. The topological polar surface area (TPSA) is 60.8 Å². The minimum Gasteiger partial charge on any atom is -0.481 e. The zero-order valence-electron chi connectivity index (χ0n) is 10.8. The number of aliphatic carboxylic acids is 1. The Kier molecular flexibility index (Phi) is 5.92. The summed E-state index contributed by atoms with van der Waals surface area (Å²) in [5.41, 5.74) is -0.522. The molecule has 1 atom stereocenters. The third-order valence-corrected chi connectivity index (χ3v) is 3.72. The van der Waals surface area contributed by atoms with Gasteiger partial charge in [0, 0.05) is 13.2 Å². The van der Waals surface area contributed by atoms with Gasteiger partial charge in [-0.15, -0.1) is 0 Å². The third kappa shape index (κ3) is 3.96. The second-order valence-electron chi connectivity index (χ2n) is 5.15. The zero-order chi connectivity index (χ0) is 12.7. The van der Waals surface area contributed by atoms with E-state index in [0.29, 0.717) is 6.54 Å². The molecule has 1 aliphatic rings. The summed E-state index contributed by atoms with van der Waals surface area (Å²) in [5.74, 6) is -0.633. The third-order valence-electron chi connectivity index (χ3n) is 3.72. The van der Waals surface area contributed by atoms with Crippen molar-refractivity contribution in [1.29, 1.82) is 0 Å². The number of aliphatic hydroxyl groups excluding tert-OH is 1. The molecule has 0 aromatic rings. The molecule has 0 aromatic carbocycles. The minimum atomic E-state index is -0.633. The lowest BCUT2D eigenvalue weighted by Gasteiger charge is -2.40. The summed E-state index contributed by atoms with van der Waals surface area (Å²) in [6, 6.07) is 0. The average molecular weight is 243 g/mol. The lowest BCUT2D eigenvalue weighted by molar-refractivity contribution is -0.153. The van der Waals surface area contributed by atoms with Crippen molar-refractivity contribution in [1.82, 2.24) is 4.90 Å². The fourth-order valence-corrected chi connectivity index (χ4v) is 2.83. The van der Waals surface area contributed by atoms with Crippen LogP contribution in [0, 0.1) is 5.41 Å². The van der Waals surface area contributed by atoms with E-state index in [1.54, 1.807) is 0 Å². The van der Waals surface area contributed by atoms with Crippen molar-refractivity contribution < 1.29 is 15.0 Å². The van der Waals surface area contributed by atoms with Crippen LogP contribution >= 0.6 is 0 Å². The molecule has 0 radical (unpaired) electrons. The van der Waals surface area contributed by atoms with Gasteiger partial charge in [-0.25, -0.2) is 0 Å². The average Bonchev–Trinajstić information content (AvgIpc) is 2.30. The molecule has 1 rings (SSSR count). The van der Waals surface area contributed by atoms with Crippen LogP contribution in [0.3, 0.4) is 0 Å². The van der Waals surface area contributed by atoms with E-state index in [2.05, 4.69) is 11.8 Å². The predicted molar refractivity (Wildman–Crippen MR) is 67.0 cm³/mol. The highest BCUT2D eigenvalue weighted by Gasteiger charge is 2.41. The smallest absolute Gasteiger partial charge is 0.310 e. The summed E-state index contributed by atoms with van der Waals surface area (Å²) >= 11 is 0. The van der Waals surface area contributed by atoms with Gasteiger partial charge in [0.2, 0.25) is 0 Å². The van der Waals surface area contributed by atoms with E-state index in [9.17, 15) is 9.90 Å². The number of piperidine rings is 1. The summed E-state index contributed by atoms with van der Waals surface area (Å²) in [6.45, 7) is 4.88. The Hall–Kier alpha value is -0.610. The molecule has 0 spiro atoms. The quantitative estimate of drug-likeness (QED) is 0.668. The Morgan fingerprint density at radius 3 is 2.76 bits per heavy atom. The number of rotatable bonds is 7. The summed E-state index contributed by atoms with van der Waals surface area (Å²) in [4.78, 5) is 13.7. The van der Waals surface area contributed by atoms with E-state index < -0.39 is 11.4 Å². The molecular weight excluding hydrogens is 218 g/mol. The largest absolute Gasteiger partial charge is 0.481 e. The Balaban J connectivity index is 2.52. The number of unbranched alkanes of at least 4 members (excludes halogenated alkanes) is 1. The molecule has 1 aliphatic heterocycles. The van der Waals surface area contributed by atoms with Gasteiger partial charge in [0.25, 0.3) is 0 Å². The molecule has 100 valence electrons. The molecule has 17 heavy (non-hydrogen) atoms. The molecule has 0 aromatic heterocycles. The molecule has 0 saturated carbocycles. The fraction of sp³-hybridized carbons (Fsp3) is 0.923. The number of hydrogen-bond donors (Lipinski definition) is 2. The maximum absolute atomic E-state index is 11.5. The van der Waals surface area contributed by atoms with Crippen LogP contribution < -0.4 is 0 Å². The second kappa shape index (κ2) is 6.97. The molecule has 1 heterocycles. The van der Waals surface area contributed by atoms with E-state index in [-0.39, 0.29) is 6.61 Å².